The number of hydrogen-bond acceptors (Lipinski definition) is 10. The smallest absolute Gasteiger partial charge is 0.308 e. The first-order chi connectivity index (χ1) is 14.1. The maximum Gasteiger partial charge on any atom is 0.308 e. The van der Waals surface area contributed by atoms with Crippen molar-refractivity contribution in [3.63, 3.8) is 0 Å². The van der Waals surface area contributed by atoms with E-state index in [9.17, 15) is 14.4 Å². The molecule has 0 spiro atoms. The van der Waals surface area contributed by atoms with Crippen molar-refractivity contribution in [1.82, 2.24) is 24.5 Å². The van der Waals surface area contributed by atoms with E-state index < -0.39 is 0 Å². The van der Waals surface area contributed by atoms with Gasteiger partial charge in [0, 0.05) is 30.0 Å². The Balaban J connectivity index is 1.59. The molecule has 0 radical (unpaired) electrons. The van der Waals surface area contributed by atoms with E-state index in [2.05, 4.69) is 25.3 Å². The minimum absolute atomic E-state index is 0.0466. The van der Waals surface area contributed by atoms with Crippen molar-refractivity contribution in [2.24, 2.45) is 5.92 Å². The predicted molar refractivity (Wildman–Crippen MR) is 107 cm³/mol. The molecule has 1 N–H and O–H groups in total. The number of fused-ring (bicyclic) bond motifs is 1. The maximum absolute atomic E-state index is 13.0. The van der Waals surface area contributed by atoms with Crippen LogP contribution < -0.4 is 10.9 Å². The van der Waals surface area contributed by atoms with Crippen LogP contribution in [-0.4, -0.2) is 49.2 Å². The largest absolute Gasteiger partial charge is 0.469 e. The zero-order valence-corrected chi connectivity index (χ0v) is 16.9. The monoisotopic (exact) mass is 432 g/mol. The number of methoxy groups -OCH3 is 1. The zero-order chi connectivity index (χ0) is 20.4. The van der Waals surface area contributed by atoms with Gasteiger partial charge in [-0.05, 0) is 12.8 Å². The van der Waals surface area contributed by atoms with Crippen molar-refractivity contribution in [2.75, 3.05) is 18.2 Å². The number of rotatable bonds is 6. The standard InChI is InChI=1S/C17H16N6O4S2/c1-27-15(26)9-6-10(7-9)23-14(25)12-13(19-3-2-18-12)22-17(23)29-8-11(24)21-16-20-4-5-28-16/h2-5,9-10H,6-8H2,1H3,(H,20,21,24). The third-order valence-electron chi connectivity index (χ3n) is 4.53. The fourth-order valence-electron chi connectivity index (χ4n) is 3.06. The molecule has 1 aliphatic carbocycles. The summed E-state index contributed by atoms with van der Waals surface area (Å²) in [5.41, 5.74) is 0.0466. The highest BCUT2D eigenvalue weighted by Gasteiger charge is 2.38. The number of ether oxygens (including phenoxy) is 1. The molecule has 150 valence electrons. The molecule has 3 aromatic heterocycles. The molecule has 1 amide bonds. The van der Waals surface area contributed by atoms with Gasteiger partial charge in [-0.1, -0.05) is 11.8 Å². The summed E-state index contributed by atoms with van der Waals surface area (Å²) in [6, 6.07) is -0.213. The third kappa shape index (κ3) is 3.98. The Morgan fingerprint density at radius 1 is 1.28 bits per heavy atom. The molecule has 0 saturated heterocycles. The molecule has 0 aromatic carbocycles. The van der Waals surface area contributed by atoms with E-state index >= 15 is 0 Å². The number of thioether (sulfide) groups is 1. The van der Waals surface area contributed by atoms with Crippen LogP contribution in [0, 0.1) is 5.92 Å². The number of anilines is 1. The lowest BCUT2D eigenvalue weighted by atomic mass is 9.80. The molecule has 4 rings (SSSR count). The van der Waals surface area contributed by atoms with Gasteiger partial charge < -0.3 is 10.1 Å². The first kappa shape index (κ1) is 19.5. The van der Waals surface area contributed by atoms with Crippen LogP contribution in [0.3, 0.4) is 0 Å². The number of hydrogen-bond donors (Lipinski definition) is 1. The molecule has 1 aliphatic rings. The first-order valence-electron chi connectivity index (χ1n) is 8.70. The highest BCUT2D eigenvalue weighted by molar-refractivity contribution is 7.99. The van der Waals surface area contributed by atoms with Crippen LogP contribution in [0.2, 0.25) is 0 Å². The fraction of sp³-hybridized carbons (Fsp3) is 0.353. The molecular weight excluding hydrogens is 416 g/mol. The SMILES string of the molecule is COC(=O)C1CC(n2c(SCC(=O)Nc3nccs3)nc3nccnc3c2=O)C1. The summed E-state index contributed by atoms with van der Waals surface area (Å²) in [7, 11) is 1.34. The molecule has 3 aromatic rings. The van der Waals surface area contributed by atoms with Gasteiger partial charge in [0.05, 0.1) is 18.8 Å². The lowest BCUT2D eigenvalue weighted by Crippen LogP contribution is -2.39. The summed E-state index contributed by atoms with van der Waals surface area (Å²) in [6.45, 7) is 0. The zero-order valence-electron chi connectivity index (χ0n) is 15.3. The van der Waals surface area contributed by atoms with Gasteiger partial charge in [-0.3, -0.25) is 19.0 Å². The summed E-state index contributed by atoms with van der Waals surface area (Å²) in [5.74, 6) is -0.753. The normalized spacial score (nSPS) is 18.2. The summed E-state index contributed by atoms with van der Waals surface area (Å²) in [6.07, 6.45) is 5.43. The second-order valence-corrected chi connectivity index (χ2v) is 8.15. The number of carbonyl (C=O) groups is 2. The minimum atomic E-state index is -0.334. The van der Waals surface area contributed by atoms with Gasteiger partial charge in [0.1, 0.15) is 0 Å². The molecular formula is C17H16N6O4S2. The second kappa shape index (κ2) is 8.25. The van der Waals surface area contributed by atoms with E-state index in [4.69, 9.17) is 4.74 Å². The predicted octanol–water partition coefficient (Wildman–Crippen LogP) is 1.50. The van der Waals surface area contributed by atoms with Crippen molar-refractivity contribution in [3.8, 4) is 0 Å². The number of amides is 1. The first-order valence-corrected chi connectivity index (χ1v) is 10.6. The number of carbonyl (C=O) groups excluding carboxylic acids is 2. The molecule has 10 nitrogen and oxygen atoms in total. The van der Waals surface area contributed by atoms with Gasteiger partial charge >= 0.3 is 5.97 Å². The summed E-state index contributed by atoms with van der Waals surface area (Å²) in [4.78, 5) is 53.6. The van der Waals surface area contributed by atoms with Gasteiger partial charge in [-0.2, -0.15) is 0 Å². The number of esters is 1. The van der Waals surface area contributed by atoms with E-state index in [-0.39, 0.29) is 46.3 Å². The molecule has 0 aliphatic heterocycles. The van der Waals surface area contributed by atoms with E-state index in [0.717, 1.165) is 11.8 Å². The Labute approximate surface area is 172 Å². The van der Waals surface area contributed by atoms with Crippen LogP contribution in [0.1, 0.15) is 18.9 Å². The highest BCUT2D eigenvalue weighted by Crippen LogP contribution is 2.39. The summed E-state index contributed by atoms with van der Waals surface area (Å²) in [5, 5.41) is 5.33. The minimum Gasteiger partial charge on any atom is -0.469 e. The molecule has 0 atom stereocenters. The maximum atomic E-state index is 13.0. The Bertz CT molecular complexity index is 1110. The van der Waals surface area contributed by atoms with Crippen LogP contribution in [-0.2, 0) is 14.3 Å². The van der Waals surface area contributed by atoms with Crippen molar-refractivity contribution >= 4 is 51.3 Å². The third-order valence-corrected chi connectivity index (χ3v) is 6.17. The Kier molecular flexibility index (Phi) is 5.53. The summed E-state index contributed by atoms with van der Waals surface area (Å²) >= 11 is 2.45. The lowest BCUT2D eigenvalue weighted by Gasteiger charge is -2.35. The summed E-state index contributed by atoms with van der Waals surface area (Å²) < 4.78 is 6.28. The van der Waals surface area contributed by atoms with Crippen LogP contribution in [0.25, 0.3) is 11.2 Å². The Morgan fingerprint density at radius 3 is 2.79 bits per heavy atom. The average molecular weight is 432 g/mol. The van der Waals surface area contributed by atoms with Crippen molar-refractivity contribution in [1.29, 1.82) is 0 Å². The lowest BCUT2D eigenvalue weighted by molar-refractivity contribution is -0.149. The fourth-order valence-corrected chi connectivity index (χ4v) is 4.46. The number of nitrogens with zero attached hydrogens (tertiary/aromatic N) is 5. The van der Waals surface area contributed by atoms with E-state index in [0.29, 0.717) is 23.1 Å². The number of aromatic nitrogens is 5. The van der Waals surface area contributed by atoms with E-state index in [1.807, 2.05) is 0 Å². The van der Waals surface area contributed by atoms with E-state index in [1.54, 1.807) is 11.6 Å². The molecule has 0 bridgehead atoms. The quantitative estimate of drug-likeness (QED) is 0.350. The van der Waals surface area contributed by atoms with Gasteiger partial charge in [0.15, 0.2) is 21.5 Å². The van der Waals surface area contributed by atoms with Gasteiger partial charge in [0.2, 0.25) is 5.91 Å². The van der Waals surface area contributed by atoms with E-state index in [1.165, 1.54) is 35.4 Å². The second-order valence-electron chi connectivity index (χ2n) is 6.32. The number of nitrogens with one attached hydrogen (secondary N) is 1. The van der Waals surface area contributed by atoms with Gasteiger partial charge in [-0.25, -0.2) is 19.9 Å². The topological polar surface area (TPSA) is 129 Å². The molecule has 1 fully saturated rings. The molecule has 0 unspecified atom stereocenters. The number of thiazole rings is 1. The highest BCUT2D eigenvalue weighted by atomic mass is 32.2. The van der Waals surface area contributed by atoms with Crippen LogP contribution in [0.15, 0.2) is 33.9 Å². The van der Waals surface area contributed by atoms with Gasteiger partial charge in [0.25, 0.3) is 5.56 Å². The molecule has 12 heteroatoms. The average Bonchev–Trinajstić information content (AvgIpc) is 3.19. The van der Waals surface area contributed by atoms with Gasteiger partial charge in [-0.15, -0.1) is 11.3 Å². The molecule has 29 heavy (non-hydrogen) atoms. The van der Waals surface area contributed by atoms with Crippen LogP contribution >= 0.6 is 23.1 Å². The molecule has 1 saturated carbocycles. The van der Waals surface area contributed by atoms with Crippen LogP contribution in [0.5, 0.6) is 0 Å². The van der Waals surface area contributed by atoms with Crippen molar-refractivity contribution in [3.05, 3.63) is 34.3 Å². The van der Waals surface area contributed by atoms with Crippen LogP contribution in [0.4, 0.5) is 5.13 Å². The van der Waals surface area contributed by atoms with Crippen molar-refractivity contribution < 1.29 is 14.3 Å². The molecule has 3 heterocycles. The van der Waals surface area contributed by atoms with Crippen molar-refractivity contribution in [2.45, 2.75) is 24.0 Å². The Morgan fingerprint density at radius 2 is 2.07 bits per heavy atom. The Hall–Kier alpha value is -2.86.